The zero-order valence-electron chi connectivity index (χ0n) is 24.3. The summed E-state index contributed by atoms with van der Waals surface area (Å²) in [6, 6.07) is 0. The van der Waals surface area contributed by atoms with Crippen LogP contribution in [0.25, 0.3) is 0 Å². The van der Waals surface area contributed by atoms with Gasteiger partial charge in [-0.25, -0.2) is 16.8 Å². The van der Waals surface area contributed by atoms with Crippen molar-refractivity contribution in [3.05, 3.63) is 0 Å². The van der Waals surface area contributed by atoms with Crippen LogP contribution in [0.5, 0.6) is 0 Å². The third kappa shape index (κ3) is 48.6. The summed E-state index contributed by atoms with van der Waals surface area (Å²) in [6.07, 6.45) is 23.4. The van der Waals surface area contributed by atoms with E-state index in [4.69, 9.17) is 0 Å². The molecule has 36 heavy (non-hydrogen) atoms. The summed E-state index contributed by atoms with van der Waals surface area (Å²) >= 11 is 0. The Kier molecular flexibility index (Phi) is 40.5. The van der Waals surface area contributed by atoms with Crippen molar-refractivity contribution in [2.45, 2.75) is 142 Å². The minimum atomic E-state index is -4.48. The van der Waals surface area contributed by atoms with Gasteiger partial charge in [-0.2, -0.15) is 0 Å². The molecule has 0 saturated carbocycles. The summed E-state index contributed by atoms with van der Waals surface area (Å²) in [6.45, 7) is 4.49. The molecule has 0 aromatic carbocycles. The van der Waals surface area contributed by atoms with Crippen LogP contribution in [0.15, 0.2) is 0 Å². The van der Waals surface area contributed by atoms with Crippen LogP contribution in [0.4, 0.5) is 0 Å². The maximum atomic E-state index is 10.1. The molecule has 0 aliphatic carbocycles. The zero-order chi connectivity index (χ0) is 26.0. The van der Waals surface area contributed by atoms with Gasteiger partial charge in [0.25, 0.3) is 0 Å². The van der Waals surface area contributed by atoms with Gasteiger partial charge in [-0.15, -0.1) is 0 Å². The molecular formula is C24H51MgNaO8S2. The van der Waals surface area contributed by atoms with Crippen molar-refractivity contribution in [2.75, 3.05) is 13.2 Å². The first-order chi connectivity index (χ1) is 16.1. The van der Waals surface area contributed by atoms with Crippen LogP contribution in [-0.4, -0.2) is 62.2 Å². The maximum Gasteiger partial charge on any atom is 2.00 e. The first kappa shape index (κ1) is 44.5. The maximum absolute atomic E-state index is 10.1. The van der Waals surface area contributed by atoms with E-state index in [1.54, 1.807) is 0 Å². The van der Waals surface area contributed by atoms with Crippen molar-refractivity contribution in [1.29, 1.82) is 0 Å². The fourth-order valence-corrected chi connectivity index (χ4v) is 4.14. The first-order valence-electron chi connectivity index (χ1n) is 13.3. The van der Waals surface area contributed by atoms with Gasteiger partial charge in [0.1, 0.15) is 0 Å². The topological polar surface area (TPSA) is 133 Å². The number of rotatable bonds is 24. The molecule has 0 atom stereocenters. The fourth-order valence-electron chi connectivity index (χ4n) is 3.50. The van der Waals surface area contributed by atoms with Crippen molar-refractivity contribution in [1.82, 2.24) is 0 Å². The molecule has 0 spiro atoms. The van der Waals surface area contributed by atoms with Gasteiger partial charge in [0.2, 0.25) is 20.8 Å². The second kappa shape index (κ2) is 32.7. The molecule has 0 aromatic heterocycles. The summed E-state index contributed by atoms with van der Waals surface area (Å²) < 4.78 is 68.9. The van der Waals surface area contributed by atoms with E-state index in [2.05, 4.69) is 22.2 Å². The molecule has 0 rings (SSSR count). The van der Waals surface area contributed by atoms with Crippen LogP contribution in [0, 0.1) is 0 Å². The van der Waals surface area contributed by atoms with Gasteiger partial charge < -0.3 is 10.5 Å². The predicted octanol–water partition coefficient (Wildman–Crippen LogP) is 3.50. The van der Waals surface area contributed by atoms with E-state index in [1.165, 1.54) is 89.9 Å². The predicted molar refractivity (Wildman–Crippen MR) is 142 cm³/mol. The van der Waals surface area contributed by atoms with E-state index < -0.39 is 20.8 Å². The van der Waals surface area contributed by atoms with Gasteiger partial charge in [-0.3, -0.25) is 8.37 Å². The molecule has 0 bridgehead atoms. The Morgan fingerprint density at radius 3 is 0.861 bits per heavy atom. The van der Waals surface area contributed by atoms with Crippen LogP contribution in [0.3, 0.4) is 0 Å². The quantitative estimate of drug-likeness (QED) is 0.0735. The van der Waals surface area contributed by atoms with E-state index in [1.807, 2.05) is 0 Å². The van der Waals surface area contributed by atoms with Crippen LogP contribution in [-0.2, 0) is 29.2 Å². The van der Waals surface area contributed by atoms with Gasteiger partial charge >= 0.3 is 52.6 Å². The summed E-state index contributed by atoms with van der Waals surface area (Å²) in [7, 11) is -8.97. The fraction of sp³-hybridized carbons (Fsp3) is 1.00. The van der Waals surface area contributed by atoms with E-state index in [0.29, 0.717) is 12.8 Å². The van der Waals surface area contributed by atoms with E-state index in [9.17, 15) is 25.9 Å². The second-order valence-corrected chi connectivity index (χ2v) is 10.9. The van der Waals surface area contributed by atoms with Gasteiger partial charge in [0, 0.05) is 0 Å². The third-order valence-electron chi connectivity index (χ3n) is 5.45. The van der Waals surface area contributed by atoms with Gasteiger partial charge in [-0.1, -0.05) is 129 Å². The zero-order valence-corrected chi connectivity index (χ0v) is 28.4. The number of unbranched alkanes of at least 4 members (excludes halogenated alkanes) is 18. The molecule has 0 unspecified atom stereocenters. The molecule has 0 N–H and O–H groups in total. The molecule has 0 aromatic rings. The Hall–Kier alpha value is 1.51. The standard InChI is InChI=1S/2C12H26O4S.Mg.Na.H/c2*1-2-3-4-5-6-7-8-9-10-11-12-16-17(13,14)15;;;/h2*2-12H2,1H3,(H,13,14,15);;;/q;;+2;+1;-1/p-2. The van der Waals surface area contributed by atoms with Gasteiger partial charge in [0.15, 0.2) is 0 Å². The van der Waals surface area contributed by atoms with Crippen molar-refractivity contribution in [3.63, 3.8) is 0 Å². The minimum Gasteiger partial charge on any atom is -1.00 e. The Bertz CT molecular complexity index is 572. The van der Waals surface area contributed by atoms with Crippen LogP contribution in [0.2, 0.25) is 0 Å². The van der Waals surface area contributed by atoms with E-state index >= 15 is 0 Å². The van der Waals surface area contributed by atoms with Gasteiger partial charge in [-0.05, 0) is 12.8 Å². The molecule has 0 aliphatic rings. The van der Waals surface area contributed by atoms with Crippen LogP contribution >= 0.6 is 0 Å². The smallest absolute Gasteiger partial charge is 1.00 e. The number of hydrogen-bond donors (Lipinski definition) is 0. The average molecular weight is 579 g/mol. The Balaban J connectivity index is -0.000000171. The molecule has 0 radical (unpaired) electrons. The monoisotopic (exact) mass is 578 g/mol. The first-order valence-corrected chi connectivity index (χ1v) is 16.0. The second-order valence-electron chi connectivity index (χ2n) is 8.82. The largest absolute Gasteiger partial charge is 2.00 e. The van der Waals surface area contributed by atoms with Crippen molar-refractivity contribution in [3.8, 4) is 0 Å². The van der Waals surface area contributed by atoms with Gasteiger partial charge in [0.05, 0.1) is 13.2 Å². The third-order valence-corrected chi connectivity index (χ3v) is 6.36. The molecule has 0 fully saturated rings. The Labute approximate surface area is 262 Å². The van der Waals surface area contributed by atoms with Crippen LogP contribution < -0.4 is 29.6 Å². The average Bonchev–Trinajstić information content (AvgIpc) is 2.75. The summed E-state index contributed by atoms with van der Waals surface area (Å²) in [4.78, 5) is 0. The van der Waals surface area contributed by atoms with Crippen molar-refractivity contribution < 1.29 is 65.3 Å². The Morgan fingerprint density at radius 2 is 0.667 bits per heavy atom. The number of hydrogen-bond acceptors (Lipinski definition) is 8. The van der Waals surface area contributed by atoms with Crippen molar-refractivity contribution in [2.24, 2.45) is 0 Å². The van der Waals surface area contributed by atoms with Crippen LogP contribution in [0.1, 0.15) is 144 Å². The molecule has 8 nitrogen and oxygen atoms in total. The molecule has 0 heterocycles. The van der Waals surface area contributed by atoms with E-state index in [0.717, 1.165) is 25.7 Å². The Morgan fingerprint density at radius 1 is 0.472 bits per heavy atom. The molecule has 0 amide bonds. The molecule has 210 valence electrons. The SMILES string of the molecule is CCCCCCCCCCCCOS(=O)(=O)[O-].CCCCCCCCCCCCOS(=O)(=O)[O-].[H-].[Mg+2].[Na+]. The summed E-state index contributed by atoms with van der Waals surface area (Å²) in [5.74, 6) is 0. The van der Waals surface area contributed by atoms with Crippen molar-refractivity contribution >= 4 is 43.9 Å². The normalized spacial score (nSPS) is 11.2. The minimum absolute atomic E-state index is 0. The molecule has 0 aliphatic heterocycles. The molecular weight excluding hydrogens is 528 g/mol. The summed E-state index contributed by atoms with van der Waals surface area (Å²) in [5.41, 5.74) is 0. The van der Waals surface area contributed by atoms with E-state index in [-0.39, 0.29) is 67.3 Å². The molecule has 12 heteroatoms. The summed E-state index contributed by atoms with van der Waals surface area (Å²) in [5, 5.41) is 0. The molecule has 0 saturated heterocycles.